The molecule has 4 saturated heterocycles. The molecule has 2 N–H and O–H groups in total. The van der Waals surface area contributed by atoms with E-state index in [1.165, 1.54) is 36.3 Å². The molecule has 2 bridgehead atoms. The monoisotopic (exact) mass is 424 g/mol. The lowest BCUT2D eigenvalue weighted by Crippen LogP contribution is -3.20. The van der Waals surface area contributed by atoms with Crippen LogP contribution in [0.3, 0.4) is 0 Å². The minimum atomic E-state index is 0.250. The highest BCUT2D eigenvalue weighted by Crippen LogP contribution is 2.29. The van der Waals surface area contributed by atoms with Crippen LogP contribution in [-0.4, -0.2) is 65.1 Å². The van der Waals surface area contributed by atoms with Crippen molar-refractivity contribution >= 4 is 5.91 Å². The van der Waals surface area contributed by atoms with Gasteiger partial charge in [0.15, 0.2) is 0 Å². The summed E-state index contributed by atoms with van der Waals surface area (Å²) in [6.45, 7) is 6.95. The second kappa shape index (κ2) is 9.09. The Morgan fingerprint density at radius 3 is 2.74 bits per heavy atom. The van der Waals surface area contributed by atoms with E-state index in [1.807, 2.05) is 4.68 Å². The fourth-order valence-corrected chi connectivity index (χ4v) is 6.02. The van der Waals surface area contributed by atoms with Crippen molar-refractivity contribution in [2.75, 3.05) is 33.2 Å². The number of hydrogen-bond donors (Lipinski definition) is 2. The Morgan fingerprint density at radius 2 is 2.00 bits per heavy atom. The van der Waals surface area contributed by atoms with Gasteiger partial charge in [-0.05, 0) is 18.8 Å². The zero-order chi connectivity index (χ0) is 21.2. The molecule has 1 amide bonds. The first-order chi connectivity index (χ1) is 15.2. The van der Waals surface area contributed by atoms with Crippen LogP contribution < -0.4 is 9.80 Å². The highest BCUT2D eigenvalue weighted by atomic mass is 16.2. The summed E-state index contributed by atoms with van der Waals surface area (Å²) in [5, 5.41) is 8.88. The smallest absolute Gasteiger partial charge is 0.231 e. The number of nitrogens with one attached hydrogen (secondary N) is 2. The Balaban J connectivity index is 1.15. The van der Waals surface area contributed by atoms with Crippen molar-refractivity contribution in [2.45, 2.75) is 51.4 Å². The molecule has 5 heterocycles. The second-order valence-corrected chi connectivity index (χ2v) is 9.96. The van der Waals surface area contributed by atoms with Crippen molar-refractivity contribution in [2.24, 2.45) is 11.8 Å². The third kappa shape index (κ3) is 4.67. The van der Waals surface area contributed by atoms with E-state index < -0.39 is 0 Å². The number of carbonyl (C=O) groups is 1. The van der Waals surface area contributed by atoms with Gasteiger partial charge in [0.25, 0.3) is 0 Å². The van der Waals surface area contributed by atoms with Gasteiger partial charge in [-0.1, -0.05) is 35.5 Å². The average molecular weight is 425 g/mol. The number of piperidine rings is 3. The van der Waals surface area contributed by atoms with Gasteiger partial charge in [0, 0.05) is 31.5 Å². The molecule has 4 aliphatic heterocycles. The zero-order valence-electron chi connectivity index (χ0n) is 18.7. The van der Waals surface area contributed by atoms with Gasteiger partial charge < -0.3 is 14.7 Å². The lowest BCUT2D eigenvalue weighted by atomic mass is 9.75. The van der Waals surface area contributed by atoms with Gasteiger partial charge in [-0.3, -0.25) is 4.79 Å². The van der Waals surface area contributed by atoms with E-state index in [4.69, 9.17) is 0 Å². The number of fused-ring (bicyclic) bond motifs is 3. The van der Waals surface area contributed by atoms with Crippen molar-refractivity contribution in [1.82, 2.24) is 19.9 Å². The molecule has 7 nitrogen and oxygen atoms in total. The van der Waals surface area contributed by atoms with Crippen molar-refractivity contribution in [3.8, 4) is 0 Å². The maximum absolute atomic E-state index is 13.0. The van der Waals surface area contributed by atoms with Crippen LogP contribution in [-0.2, 0) is 24.4 Å². The normalized spacial score (nSPS) is 28.7. The average Bonchev–Trinajstić information content (AvgIpc) is 3.47. The maximum atomic E-state index is 13.0. The van der Waals surface area contributed by atoms with E-state index >= 15 is 0 Å². The number of nitrogens with zero attached hydrogens (tertiary/aromatic N) is 4. The summed E-state index contributed by atoms with van der Waals surface area (Å²) in [6, 6.07) is 11.2. The second-order valence-electron chi connectivity index (χ2n) is 9.96. The summed E-state index contributed by atoms with van der Waals surface area (Å²) >= 11 is 0. The SMILES string of the molecule is C[NH+](Cc1ccccc1)Cc1cn(C[C@H]2C[C@@H]3CC[NH+]2C[C@@H]3C(=O)N2CCCC2)nn1. The molecule has 1 aromatic heterocycles. The Bertz CT molecular complexity index is 877. The van der Waals surface area contributed by atoms with Crippen LogP contribution in [0.5, 0.6) is 0 Å². The van der Waals surface area contributed by atoms with Crippen molar-refractivity contribution in [1.29, 1.82) is 0 Å². The van der Waals surface area contributed by atoms with Crippen molar-refractivity contribution in [3.05, 3.63) is 47.8 Å². The Hall–Kier alpha value is -2.25. The first-order valence-electron chi connectivity index (χ1n) is 12.0. The fraction of sp³-hybridized carbons (Fsp3) is 0.625. The third-order valence-electron chi connectivity index (χ3n) is 7.61. The van der Waals surface area contributed by atoms with E-state index in [2.05, 4.69) is 58.8 Å². The number of likely N-dealkylation sites (tertiary alicyclic amines) is 1. The third-order valence-corrected chi connectivity index (χ3v) is 7.61. The number of quaternary nitrogens is 2. The van der Waals surface area contributed by atoms with E-state index in [9.17, 15) is 4.79 Å². The van der Waals surface area contributed by atoms with Crippen LogP contribution in [0.25, 0.3) is 0 Å². The quantitative estimate of drug-likeness (QED) is 0.625. The summed E-state index contributed by atoms with van der Waals surface area (Å²) in [5.41, 5.74) is 2.40. The van der Waals surface area contributed by atoms with Gasteiger partial charge in [-0.2, -0.15) is 0 Å². The molecular weight excluding hydrogens is 388 g/mol. The number of aromatic nitrogens is 3. The van der Waals surface area contributed by atoms with Crippen LogP contribution in [0.1, 0.15) is 36.9 Å². The van der Waals surface area contributed by atoms with Crippen LogP contribution in [0.4, 0.5) is 0 Å². The number of hydrogen-bond acceptors (Lipinski definition) is 3. The molecule has 4 fully saturated rings. The number of benzene rings is 1. The van der Waals surface area contributed by atoms with E-state index in [-0.39, 0.29) is 5.92 Å². The number of amides is 1. The highest BCUT2D eigenvalue weighted by Gasteiger charge is 2.47. The molecule has 0 spiro atoms. The molecule has 4 aliphatic rings. The number of rotatable bonds is 7. The van der Waals surface area contributed by atoms with E-state index in [0.717, 1.165) is 51.4 Å². The standard InChI is InChI=1S/C24H34N6O/c1-27(14-19-7-3-2-4-8-19)15-21-16-30(26-25-21)17-22-13-20-9-12-29(22)18-23(20)24(31)28-10-5-6-11-28/h2-4,7-8,16,20,22-23H,5-6,9-15,17-18H2,1H3/p+2/t20-,22+,23-/m0/s1. The molecule has 1 aromatic carbocycles. The van der Waals surface area contributed by atoms with Crippen LogP contribution in [0.2, 0.25) is 0 Å². The summed E-state index contributed by atoms with van der Waals surface area (Å²) in [7, 11) is 2.21. The summed E-state index contributed by atoms with van der Waals surface area (Å²) < 4.78 is 2.04. The molecule has 0 aliphatic carbocycles. The molecular formula is C24H36N6O+2. The number of carbonyl (C=O) groups excluding carboxylic acids is 1. The van der Waals surface area contributed by atoms with Gasteiger partial charge in [0.05, 0.1) is 38.8 Å². The lowest BCUT2D eigenvalue weighted by Gasteiger charge is -2.46. The van der Waals surface area contributed by atoms with Gasteiger partial charge in [-0.25, -0.2) is 4.68 Å². The van der Waals surface area contributed by atoms with Gasteiger partial charge in [0.2, 0.25) is 5.91 Å². The molecule has 0 saturated carbocycles. The molecule has 31 heavy (non-hydrogen) atoms. The molecule has 7 heteroatoms. The minimum Gasteiger partial charge on any atom is -0.342 e. The predicted molar refractivity (Wildman–Crippen MR) is 117 cm³/mol. The topological polar surface area (TPSA) is 59.9 Å². The van der Waals surface area contributed by atoms with E-state index in [1.54, 1.807) is 4.90 Å². The van der Waals surface area contributed by atoms with Gasteiger partial charge in [0.1, 0.15) is 24.8 Å². The Labute approximate surface area is 185 Å². The molecule has 2 aromatic rings. The molecule has 166 valence electrons. The zero-order valence-corrected chi connectivity index (χ0v) is 18.7. The molecule has 2 unspecified atom stereocenters. The molecule has 6 rings (SSSR count). The Morgan fingerprint density at radius 1 is 1.19 bits per heavy atom. The summed E-state index contributed by atoms with van der Waals surface area (Å²) in [4.78, 5) is 18.1. The maximum Gasteiger partial charge on any atom is 0.231 e. The minimum absolute atomic E-state index is 0.250. The summed E-state index contributed by atoms with van der Waals surface area (Å²) in [6.07, 6.45) is 6.84. The largest absolute Gasteiger partial charge is 0.342 e. The van der Waals surface area contributed by atoms with Crippen molar-refractivity contribution in [3.63, 3.8) is 0 Å². The first kappa shape index (κ1) is 20.6. The fourth-order valence-electron chi connectivity index (χ4n) is 6.02. The molecule has 0 radical (unpaired) electrons. The van der Waals surface area contributed by atoms with Crippen molar-refractivity contribution < 1.29 is 14.6 Å². The van der Waals surface area contributed by atoms with Crippen LogP contribution in [0, 0.1) is 11.8 Å². The van der Waals surface area contributed by atoms with Crippen LogP contribution in [0.15, 0.2) is 36.5 Å². The van der Waals surface area contributed by atoms with Gasteiger partial charge in [-0.15, -0.1) is 5.10 Å². The van der Waals surface area contributed by atoms with Crippen LogP contribution >= 0.6 is 0 Å². The summed E-state index contributed by atoms with van der Waals surface area (Å²) in [5.74, 6) is 1.24. The molecule has 5 atom stereocenters. The van der Waals surface area contributed by atoms with Gasteiger partial charge >= 0.3 is 0 Å². The highest BCUT2D eigenvalue weighted by molar-refractivity contribution is 5.79. The Kier molecular flexibility index (Phi) is 6.05. The lowest BCUT2D eigenvalue weighted by molar-refractivity contribution is -0.945. The first-order valence-corrected chi connectivity index (χ1v) is 12.0. The predicted octanol–water partition coefficient (Wildman–Crippen LogP) is -0.591. The van der Waals surface area contributed by atoms with E-state index in [0.29, 0.717) is 17.9 Å².